The Morgan fingerprint density at radius 3 is 2.93 bits per heavy atom. The molecule has 0 aliphatic carbocycles. The number of hydrogen-bond donors (Lipinski definition) is 2. The average Bonchev–Trinajstić information content (AvgIpc) is 3.13. The number of nitrogens with zero attached hydrogens (tertiary/aromatic N) is 2. The number of amides is 1. The summed E-state index contributed by atoms with van der Waals surface area (Å²) in [7, 11) is 0. The Labute approximate surface area is 158 Å². The number of aromatic amines is 1. The predicted octanol–water partition coefficient (Wildman–Crippen LogP) is 2.67. The van der Waals surface area contributed by atoms with Crippen molar-refractivity contribution in [1.82, 2.24) is 20.2 Å². The van der Waals surface area contributed by atoms with Gasteiger partial charge in [-0.25, -0.2) is 0 Å². The molecule has 1 aromatic carbocycles. The maximum Gasteiger partial charge on any atom is 0.267 e. The summed E-state index contributed by atoms with van der Waals surface area (Å²) in [4.78, 5) is 22.5. The summed E-state index contributed by atoms with van der Waals surface area (Å²) in [6.45, 7) is 5.70. The average molecular weight is 364 g/mol. The lowest BCUT2D eigenvalue weighted by molar-refractivity contribution is 0.0161. The molecule has 6 nitrogen and oxygen atoms in total. The molecule has 27 heavy (non-hydrogen) atoms. The van der Waals surface area contributed by atoms with E-state index in [0.29, 0.717) is 25.5 Å². The molecule has 1 aliphatic rings. The zero-order valence-corrected chi connectivity index (χ0v) is 15.4. The lowest BCUT2D eigenvalue weighted by Crippen LogP contribution is -2.43. The van der Waals surface area contributed by atoms with Gasteiger partial charge in [0.15, 0.2) is 0 Å². The third-order valence-electron chi connectivity index (χ3n) is 5.03. The minimum Gasteiger partial charge on any atom is -0.379 e. The van der Waals surface area contributed by atoms with Crippen LogP contribution in [0.1, 0.15) is 27.7 Å². The fourth-order valence-corrected chi connectivity index (χ4v) is 3.58. The molecule has 6 heteroatoms. The van der Waals surface area contributed by atoms with Gasteiger partial charge in [-0.1, -0.05) is 17.7 Å². The number of morpholine rings is 1. The van der Waals surface area contributed by atoms with E-state index < -0.39 is 0 Å². The Hall–Kier alpha value is -2.70. The van der Waals surface area contributed by atoms with Gasteiger partial charge in [0.2, 0.25) is 0 Å². The first-order valence-corrected chi connectivity index (χ1v) is 9.30. The second-order valence-electron chi connectivity index (χ2n) is 6.93. The minimum atomic E-state index is -0.0917. The molecule has 1 atom stereocenters. The first-order valence-electron chi connectivity index (χ1n) is 9.30. The Morgan fingerprint density at radius 1 is 1.30 bits per heavy atom. The molecule has 3 heterocycles. The lowest BCUT2D eigenvalue weighted by atomic mass is 10.1. The number of benzene rings is 1. The van der Waals surface area contributed by atoms with Crippen LogP contribution < -0.4 is 5.32 Å². The first kappa shape index (κ1) is 17.7. The summed E-state index contributed by atoms with van der Waals surface area (Å²) in [5, 5.41) is 4.14. The number of fused-ring (bicyclic) bond motifs is 1. The molecule has 0 saturated carbocycles. The van der Waals surface area contributed by atoms with Gasteiger partial charge >= 0.3 is 0 Å². The zero-order valence-electron chi connectivity index (χ0n) is 15.4. The van der Waals surface area contributed by atoms with Gasteiger partial charge in [0.05, 0.1) is 19.3 Å². The lowest BCUT2D eigenvalue weighted by Gasteiger charge is -2.34. The number of aryl methyl sites for hydroxylation is 1. The predicted molar refractivity (Wildman–Crippen MR) is 105 cm³/mol. The smallest absolute Gasteiger partial charge is 0.267 e. The largest absolute Gasteiger partial charge is 0.379 e. The second kappa shape index (κ2) is 7.90. The quantitative estimate of drug-likeness (QED) is 0.730. The number of nitrogens with one attached hydrogen (secondary N) is 2. The van der Waals surface area contributed by atoms with Crippen LogP contribution >= 0.6 is 0 Å². The monoisotopic (exact) mass is 364 g/mol. The highest BCUT2D eigenvalue weighted by atomic mass is 16.5. The van der Waals surface area contributed by atoms with E-state index in [2.05, 4.69) is 32.3 Å². The van der Waals surface area contributed by atoms with Crippen molar-refractivity contribution in [2.75, 3.05) is 32.8 Å². The molecule has 0 bridgehead atoms. The molecule has 0 unspecified atom stereocenters. The van der Waals surface area contributed by atoms with E-state index in [1.807, 2.05) is 37.4 Å². The fraction of sp³-hybridized carbons (Fsp3) is 0.333. The molecular weight excluding hydrogens is 340 g/mol. The van der Waals surface area contributed by atoms with E-state index in [1.165, 1.54) is 5.56 Å². The molecule has 140 valence electrons. The minimum absolute atomic E-state index is 0.0816. The van der Waals surface area contributed by atoms with Crippen molar-refractivity contribution < 1.29 is 9.53 Å². The molecular formula is C21H24N4O2. The molecule has 1 saturated heterocycles. The van der Waals surface area contributed by atoms with Gasteiger partial charge < -0.3 is 15.0 Å². The van der Waals surface area contributed by atoms with Crippen LogP contribution in [-0.2, 0) is 4.74 Å². The summed E-state index contributed by atoms with van der Waals surface area (Å²) >= 11 is 0. The highest BCUT2D eigenvalue weighted by Gasteiger charge is 2.23. The maximum atomic E-state index is 12.7. The van der Waals surface area contributed by atoms with Crippen LogP contribution in [0.15, 0.2) is 48.8 Å². The van der Waals surface area contributed by atoms with Crippen LogP contribution in [0.2, 0.25) is 0 Å². The zero-order chi connectivity index (χ0) is 18.6. The molecule has 4 rings (SSSR count). The van der Waals surface area contributed by atoms with Gasteiger partial charge in [-0.3, -0.25) is 14.7 Å². The number of carbonyl (C=O) groups excluding carboxylic acids is 1. The summed E-state index contributed by atoms with van der Waals surface area (Å²) < 4.78 is 5.47. The third kappa shape index (κ3) is 4.02. The number of aromatic nitrogens is 2. The Kier molecular flexibility index (Phi) is 5.18. The molecule has 0 spiro atoms. The van der Waals surface area contributed by atoms with E-state index in [1.54, 1.807) is 6.20 Å². The molecule has 0 radical (unpaired) electrons. The SMILES string of the molecule is Cc1ccc2[nH]c(C(=O)NC[C@H](c3cccnc3)N3CCOCC3)cc2c1. The molecule has 1 amide bonds. The van der Waals surface area contributed by atoms with Crippen LogP contribution in [0, 0.1) is 6.92 Å². The van der Waals surface area contributed by atoms with Crippen LogP contribution in [-0.4, -0.2) is 53.6 Å². The Bertz CT molecular complexity index is 916. The molecule has 1 fully saturated rings. The van der Waals surface area contributed by atoms with Crippen molar-refractivity contribution in [3.8, 4) is 0 Å². The van der Waals surface area contributed by atoms with Gasteiger partial charge in [-0.2, -0.15) is 0 Å². The number of H-pyrrole nitrogens is 1. The molecule has 3 aromatic rings. The Balaban J connectivity index is 1.49. The first-order chi connectivity index (χ1) is 13.2. The summed E-state index contributed by atoms with van der Waals surface area (Å²) in [5.74, 6) is -0.0917. The van der Waals surface area contributed by atoms with Crippen LogP contribution in [0.4, 0.5) is 0 Å². The van der Waals surface area contributed by atoms with E-state index in [0.717, 1.165) is 29.6 Å². The topological polar surface area (TPSA) is 70.2 Å². The van der Waals surface area contributed by atoms with Crippen molar-refractivity contribution in [2.45, 2.75) is 13.0 Å². The van der Waals surface area contributed by atoms with Gasteiger partial charge in [-0.15, -0.1) is 0 Å². The van der Waals surface area contributed by atoms with Gasteiger partial charge in [-0.05, 0) is 36.8 Å². The van der Waals surface area contributed by atoms with Crippen molar-refractivity contribution in [3.63, 3.8) is 0 Å². The molecule has 2 N–H and O–H groups in total. The fourth-order valence-electron chi connectivity index (χ4n) is 3.58. The number of rotatable bonds is 5. The number of ether oxygens (including phenoxy) is 1. The second-order valence-corrected chi connectivity index (χ2v) is 6.93. The number of carbonyl (C=O) groups is 1. The standard InChI is InChI=1S/C21H24N4O2/c1-15-4-5-18-17(11-15)12-19(24-18)21(26)23-14-20(16-3-2-6-22-13-16)25-7-9-27-10-8-25/h2-6,11-13,20,24H,7-10,14H2,1H3,(H,23,26)/t20-/m1/s1. The molecule has 2 aromatic heterocycles. The third-order valence-corrected chi connectivity index (χ3v) is 5.03. The van der Waals surface area contributed by atoms with Gasteiger partial charge in [0.25, 0.3) is 5.91 Å². The van der Waals surface area contributed by atoms with Crippen molar-refractivity contribution in [2.24, 2.45) is 0 Å². The van der Waals surface area contributed by atoms with Gasteiger partial charge in [0, 0.05) is 42.9 Å². The molecule has 1 aliphatic heterocycles. The van der Waals surface area contributed by atoms with E-state index in [9.17, 15) is 4.79 Å². The van der Waals surface area contributed by atoms with E-state index >= 15 is 0 Å². The number of hydrogen-bond acceptors (Lipinski definition) is 4. The summed E-state index contributed by atoms with van der Waals surface area (Å²) in [6.07, 6.45) is 3.64. The summed E-state index contributed by atoms with van der Waals surface area (Å²) in [6, 6.07) is 12.1. The van der Waals surface area contributed by atoms with E-state index in [-0.39, 0.29) is 11.9 Å². The van der Waals surface area contributed by atoms with Crippen LogP contribution in [0.3, 0.4) is 0 Å². The van der Waals surface area contributed by atoms with Gasteiger partial charge in [0.1, 0.15) is 5.69 Å². The summed E-state index contributed by atoms with van der Waals surface area (Å²) in [5.41, 5.74) is 3.84. The Morgan fingerprint density at radius 2 is 2.15 bits per heavy atom. The van der Waals surface area contributed by atoms with Crippen LogP contribution in [0.25, 0.3) is 10.9 Å². The highest BCUT2D eigenvalue weighted by molar-refractivity contribution is 5.98. The maximum absolute atomic E-state index is 12.7. The number of pyridine rings is 1. The van der Waals surface area contributed by atoms with Crippen molar-refractivity contribution in [3.05, 3.63) is 65.6 Å². The van der Waals surface area contributed by atoms with E-state index in [4.69, 9.17) is 4.74 Å². The van der Waals surface area contributed by atoms with Crippen molar-refractivity contribution in [1.29, 1.82) is 0 Å². The highest BCUT2D eigenvalue weighted by Crippen LogP contribution is 2.21. The van der Waals surface area contributed by atoms with Crippen molar-refractivity contribution >= 4 is 16.8 Å². The van der Waals surface area contributed by atoms with Crippen LogP contribution in [0.5, 0.6) is 0 Å². The normalized spacial score (nSPS) is 16.3.